The molecule has 0 aliphatic carbocycles. The van der Waals surface area contributed by atoms with E-state index >= 15 is 0 Å². The van der Waals surface area contributed by atoms with Gasteiger partial charge in [0, 0.05) is 24.2 Å². The number of carbonyl (C=O) groups is 1. The molecule has 112 valence electrons. The second-order valence-electron chi connectivity index (χ2n) is 5.98. The van der Waals surface area contributed by atoms with E-state index in [1.807, 2.05) is 23.1 Å². The topological polar surface area (TPSA) is 50.8 Å². The molecule has 1 aromatic rings. The average Bonchev–Trinajstić information content (AvgIpc) is 3.24. The molecule has 2 fully saturated rings. The first-order chi connectivity index (χ1) is 10.3. The maximum Gasteiger partial charge on any atom is 0.254 e. The molecule has 2 atom stereocenters. The lowest BCUT2D eigenvalue weighted by molar-refractivity contribution is 0.0711. The quantitative estimate of drug-likeness (QED) is 0.901. The number of hydrogen-bond acceptors (Lipinski definition) is 4. The van der Waals surface area contributed by atoms with Crippen LogP contribution in [0.1, 0.15) is 36.0 Å². The Morgan fingerprint density at radius 2 is 2.10 bits per heavy atom. The van der Waals surface area contributed by atoms with Gasteiger partial charge in [0.15, 0.2) is 11.5 Å². The summed E-state index contributed by atoms with van der Waals surface area (Å²) in [5, 5.41) is 3.54. The maximum atomic E-state index is 12.8. The van der Waals surface area contributed by atoms with Crippen LogP contribution in [0.25, 0.3) is 0 Å². The number of fused-ring (bicyclic) bond motifs is 1. The van der Waals surface area contributed by atoms with E-state index in [2.05, 4.69) is 5.32 Å². The van der Waals surface area contributed by atoms with Gasteiger partial charge in [0.1, 0.15) is 0 Å². The Morgan fingerprint density at radius 3 is 2.95 bits per heavy atom. The van der Waals surface area contributed by atoms with Crippen molar-refractivity contribution < 1.29 is 14.3 Å². The number of hydrogen-bond donors (Lipinski definition) is 1. The Balaban J connectivity index is 1.55. The van der Waals surface area contributed by atoms with Crippen molar-refractivity contribution >= 4 is 5.91 Å². The fraction of sp³-hybridized carbons (Fsp3) is 0.562. The minimum absolute atomic E-state index is 0.115. The van der Waals surface area contributed by atoms with E-state index in [0.717, 1.165) is 31.7 Å². The van der Waals surface area contributed by atoms with Gasteiger partial charge in [-0.1, -0.05) is 0 Å². The van der Waals surface area contributed by atoms with E-state index in [4.69, 9.17) is 9.47 Å². The van der Waals surface area contributed by atoms with E-state index in [9.17, 15) is 4.79 Å². The molecule has 2 saturated heterocycles. The summed E-state index contributed by atoms with van der Waals surface area (Å²) in [6.07, 6.45) is 4.59. The second kappa shape index (κ2) is 5.22. The predicted octanol–water partition coefficient (Wildman–Crippen LogP) is 1.77. The molecule has 1 N–H and O–H groups in total. The molecule has 0 radical (unpaired) electrons. The Kier molecular flexibility index (Phi) is 3.22. The molecule has 0 aromatic heterocycles. The van der Waals surface area contributed by atoms with Crippen LogP contribution >= 0.6 is 0 Å². The predicted molar refractivity (Wildman–Crippen MR) is 77.6 cm³/mol. The highest BCUT2D eigenvalue weighted by atomic mass is 16.7. The third kappa shape index (κ3) is 2.25. The van der Waals surface area contributed by atoms with Crippen molar-refractivity contribution in [1.29, 1.82) is 0 Å². The molecule has 3 aliphatic heterocycles. The molecule has 21 heavy (non-hydrogen) atoms. The number of nitrogens with zero attached hydrogens (tertiary/aromatic N) is 1. The molecular formula is C16H20N2O3. The Hall–Kier alpha value is -1.75. The fourth-order valence-electron chi connectivity index (χ4n) is 3.70. The van der Waals surface area contributed by atoms with Crippen LogP contribution in [0.4, 0.5) is 0 Å². The Labute approximate surface area is 124 Å². The van der Waals surface area contributed by atoms with Crippen molar-refractivity contribution in [1.82, 2.24) is 10.2 Å². The van der Waals surface area contributed by atoms with E-state index in [0.29, 0.717) is 23.4 Å². The van der Waals surface area contributed by atoms with Crippen LogP contribution in [0.3, 0.4) is 0 Å². The third-order valence-corrected chi connectivity index (χ3v) is 4.74. The third-order valence-electron chi connectivity index (χ3n) is 4.74. The van der Waals surface area contributed by atoms with E-state index in [1.54, 1.807) is 0 Å². The highest BCUT2D eigenvalue weighted by molar-refractivity contribution is 5.95. The molecule has 5 nitrogen and oxygen atoms in total. The van der Waals surface area contributed by atoms with Gasteiger partial charge in [-0.05, 0) is 50.4 Å². The van der Waals surface area contributed by atoms with Gasteiger partial charge >= 0.3 is 0 Å². The first kappa shape index (κ1) is 13.0. The molecule has 3 aliphatic rings. The highest BCUT2D eigenvalue weighted by Crippen LogP contribution is 2.34. The van der Waals surface area contributed by atoms with Crippen molar-refractivity contribution in [2.75, 3.05) is 19.9 Å². The molecule has 0 bridgehead atoms. The summed E-state index contributed by atoms with van der Waals surface area (Å²) >= 11 is 0. The van der Waals surface area contributed by atoms with E-state index in [1.165, 1.54) is 12.8 Å². The highest BCUT2D eigenvalue weighted by Gasteiger charge is 2.36. The van der Waals surface area contributed by atoms with Gasteiger partial charge < -0.3 is 19.7 Å². The van der Waals surface area contributed by atoms with Gasteiger partial charge in [0.05, 0.1) is 0 Å². The van der Waals surface area contributed by atoms with Crippen molar-refractivity contribution in [2.24, 2.45) is 0 Å². The van der Waals surface area contributed by atoms with Crippen molar-refractivity contribution in [3.63, 3.8) is 0 Å². The van der Waals surface area contributed by atoms with Gasteiger partial charge in [-0.25, -0.2) is 0 Å². The average molecular weight is 288 g/mol. The van der Waals surface area contributed by atoms with Crippen LogP contribution in [-0.4, -0.2) is 42.8 Å². The molecule has 0 saturated carbocycles. The van der Waals surface area contributed by atoms with Crippen molar-refractivity contribution in [3.8, 4) is 11.5 Å². The van der Waals surface area contributed by atoms with Gasteiger partial charge in [-0.2, -0.15) is 0 Å². The van der Waals surface area contributed by atoms with Gasteiger partial charge in [0.2, 0.25) is 6.79 Å². The van der Waals surface area contributed by atoms with E-state index < -0.39 is 0 Å². The largest absolute Gasteiger partial charge is 0.454 e. The standard InChI is InChI=1S/C16H20N2O3/c19-16(11-5-6-14-15(9-11)21-10-20-14)18-8-2-4-13(18)12-3-1-7-17-12/h5-6,9,12-13,17H,1-4,7-8,10H2. The number of amides is 1. The van der Waals surface area contributed by atoms with Crippen LogP contribution < -0.4 is 14.8 Å². The summed E-state index contributed by atoms with van der Waals surface area (Å²) in [5.74, 6) is 1.52. The maximum absolute atomic E-state index is 12.8. The summed E-state index contributed by atoms with van der Waals surface area (Å²) in [5.41, 5.74) is 0.698. The van der Waals surface area contributed by atoms with Crippen LogP contribution in [0.15, 0.2) is 18.2 Å². The molecule has 1 amide bonds. The molecule has 0 spiro atoms. The second-order valence-corrected chi connectivity index (χ2v) is 5.98. The first-order valence-corrected chi connectivity index (χ1v) is 7.77. The van der Waals surface area contributed by atoms with Crippen LogP contribution in [-0.2, 0) is 0 Å². The summed E-state index contributed by atoms with van der Waals surface area (Å²) in [7, 11) is 0. The SMILES string of the molecule is O=C(c1ccc2c(c1)OCO2)N1CCCC1C1CCCN1. The zero-order chi connectivity index (χ0) is 14.2. The number of carbonyl (C=O) groups excluding carboxylic acids is 1. The molecule has 1 aromatic carbocycles. The molecule has 5 heteroatoms. The van der Waals surface area contributed by atoms with Gasteiger partial charge in [-0.3, -0.25) is 4.79 Å². The number of benzene rings is 1. The lowest BCUT2D eigenvalue weighted by atomic mass is 10.0. The van der Waals surface area contributed by atoms with Crippen LogP contribution in [0.5, 0.6) is 11.5 Å². The molecular weight excluding hydrogens is 268 g/mol. The van der Waals surface area contributed by atoms with Gasteiger partial charge in [0.25, 0.3) is 5.91 Å². The molecule has 4 rings (SSSR count). The fourth-order valence-corrected chi connectivity index (χ4v) is 3.70. The van der Waals surface area contributed by atoms with Crippen molar-refractivity contribution in [3.05, 3.63) is 23.8 Å². The summed E-state index contributed by atoms with van der Waals surface area (Å²) < 4.78 is 10.7. The minimum Gasteiger partial charge on any atom is -0.454 e. The summed E-state index contributed by atoms with van der Waals surface area (Å²) in [6.45, 7) is 2.18. The van der Waals surface area contributed by atoms with Crippen molar-refractivity contribution in [2.45, 2.75) is 37.8 Å². The minimum atomic E-state index is 0.115. The zero-order valence-corrected chi connectivity index (χ0v) is 12.0. The normalized spacial score (nSPS) is 27.3. The summed E-state index contributed by atoms with van der Waals surface area (Å²) in [6, 6.07) is 6.28. The summed E-state index contributed by atoms with van der Waals surface area (Å²) in [4.78, 5) is 14.9. The lowest BCUT2D eigenvalue weighted by Gasteiger charge is -2.29. The zero-order valence-electron chi connectivity index (χ0n) is 12.0. The first-order valence-electron chi connectivity index (χ1n) is 7.77. The monoisotopic (exact) mass is 288 g/mol. The molecule has 3 heterocycles. The van der Waals surface area contributed by atoms with Crippen LogP contribution in [0, 0.1) is 0 Å². The smallest absolute Gasteiger partial charge is 0.254 e. The van der Waals surface area contributed by atoms with Gasteiger partial charge in [-0.15, -0.1) is 0 Å². The van der Waals surface area contributed by atoms with E-state index in [-0.39, 0.29) is 12.7 Å². The Morgan fingerprint density at radius 1 is 1.19 bits per heavy atom. The lowest BCUT2D eigenvalue weighted by Crippen LogP contribution is -2.46. The number of rotatable bonds is 2. The molecule has 2 unspecified atom stereocenters. The number of nitrogens with one attached hydrogen (secondary N) is 1. The Bertz CT molecular complexity index is 554. The number of likely N-dealkylation sites (tertiary alicyclic amines) is 1. The van der Waals surface area contributed by atoms with Crippen LogP contribution in [0.2, 0.25) is 0 Å². The number of ether oxygens (including phenoxy) is 2.